The van der Waals surface area contributed by atoms with Crippen molar-refractivity contribution in [2.75, 3.05) is 38.2 Å². The number of aromatic amines is 1. The van der Waals surface area contributed by atoms with E-state index in [9.17, 15) is 0 Å². The summed E-state index contributed by atoms with van der Waals surface area (Å²) >= 11 is 1.75. The summed E-state index contributed by atoms with van der Waals surface area (Å²) in [6.07, 6.45) is 8.34. The molecule has 0 aromatic carbocycles. The summed E-state index contributed by atoms with van der Waals surface area (Å²) in [6, 6.07) is 2.46. The average Bonchev–Trinajstić information content (AvgIpc) is 3.23. The highest BCUT2D eigenvalue weighted by atomic mass is 32.1. The summed E-state index contributed by atoms with van der Waals surface area (Å²) in [6.45, 7) is 11.3. The molecule has 2 fully saturated rings. The molecule has 0 unspecified atom stereocenters. The number of H-pyrrole nitrogens is 1. The highest BCUT2D eigenvalue weighted by Crippen LogP contribution is 2.40. The lowest BCUT2D eigenvalue weighted by atomic mass is 9.97. The molecule has 1 atom stereocenters. The third kappa shape index (κ3) is 4.18. The third-order valence-corrected chi connectivity index (χ3v) is 8.18. The number of ether oxygens (including phenoxy) is 1. The maximum atomic E-state index is 5.57. The normalized spacial score (nSPS) is 19.2. The largest absolute Gasteiger partial charge is 0.493 e. The molecule has 1 N–H and O–H groups in total. The Morgan fingerprint density at radius 3 is 2.83 bits per heavy atom. The zero-order chi connectivity index (χ0) is 24.1. The van der Waals surface area contributed by atoms with Crippen LogP contribution in [0.25, 0.3) is 27.6 Å². The second-order valence-corrected chi connectivity index (χ2v) is 11.1. The van der Waals surface area contributed by atoms with Gasteiger partial charge >= 0.3 is 0 Å². The number of pyridine rings is 1. The molecule has 1 aliphatic carbocycles. The van der Waals surface area contributed by atoms with E-state index in [2.05, 4.69) is 45.8 Å². The van der Waals surface area contributed by atoms with Crippen molar-refractivity contribution in [2.24, 2.45) is 5.92 Å². The highest BCUT2D eigenvalue weighted by molar-refractivity contribution is 7.18. The summed E-state index contributed by atoms with van der Waals surface area (Å²) in [5, 5.41) is 14.5. The number of piperazine rings is 1. The quantitative estimate of drug-likeness (QED) is 0.412. The second kappa shape index (κ2) is 8.91. The molecular weight excluding hydrogens is 460 g/mol. The monoisotopic (exact) mass is 492 g/mol. The molecule has 0 spiro atoms. The summed E-state index contributed by atoms with van der Waals surface area (Å²) < 4.78 is 7.31. The van der Waals surface area contributed by atoms with Crippen LogP contribution in [0.2, 0.25) is 0 Å². The minimum atomic E-state index is 0.258. The molecule has 4 aromatic heterocycles. The van der Waals surface area contributed by atoms with Crippen molar-refractivity contribution in [2.45, 2.75) is 45.6 Å². The summed E-state index contributed by atoms with van der Waals surface area (Å²) in [5.74, 6) is 1.87. The smallest absolute Gasteiger partial charge is 0.197 e. The Hall–Kier alpha value is -2.98. The molecule has 2 aliphatic rings. The van der Waals surface area contributed by atoms with Crippen molar-refractivity contribution >= 4 is 22.0 Å². The second-order valence-electron chi connectivity index (χ2n) is 10.1. The van der Waals surface area contributed by atoms with E-state index in [1.165, 1.54) is 30.7 Å². The first kappa shape index (κ1) is 22.5. The van der Waals surface area contributed by atoms with E-state index in [4.69, 9.17) is 14.8 Å². The van der Waals surface area contributed by atoms with Gasteiger partial charge in [-0.05, 0) is 37.7 Å². The van der Waals surface area contributed by atoms with Gasteiger partial charge in [0, 0.05) is 49.5 Å². The molecule has 0 radical (unpaired) electrons. The number of aromatic nitrogens is 6. The first-order valence-electron chi connectivity index (χ1n) is 12.4. The van der Waals surface area contributed by atoms with Crippen LogP contribution in [0.15, 0.2) is 24.8 Å². The predicted octanol–water partition coefficient (Wildman–Crippen LogP) is 4.30. The number of methoxy groups -OCH3 is 1. The van der Waals surface area contributed by atoms with Gasteiger partial charge in [-0.25, -0.2) is 14.5 Å². The van der Waals surface area contributed by atoms with Gasteiger partial charge in [0.25, 0.3) is 0 Å². The maximum absolute atomic E-state index is 5.57. The number of nitrogens with zero attached hydrogens (tertiary/aromatic N) is 7. The Labute approximate surface area is 209 Å². The lowest BCUT2D eigenvalue weighted by Crippen LogP contribution is -2.52. The van der Waals surface area contributed by atoms with Crippen LogP contribution in [-0.4, -0.2) is 74.0 Å². The van der Waals surface area contributed by atoms with Gasteiger partial charge in [0.15, 0.2) is 11.4 Å². The molecule has 6 rings (SSSR count). The van der Waals surface area contributed by atoms with Crippen molar-refractivity contribution in [1.82, 2.24) is 34.7 Å². The van der Waals surface area contributed by atoms with E-state index in [0.717, 1.165) is 53.1 Å². The molecule has 35 heavy (non-hydrogen) atoms. The Morgan fingerprint density at radius 2 is 2.09 bits per heavy atom. The molecule has 1 saturated carbocycles. The zero-order valence-electron chi connectivity index (χ0n) is 20.7. The minimum absolute atomic E-state index is 0.258. The van der Waals surface area contributed by atoms with Gasteiger partial charge in [-0.1, -0.05) is 25.2 Å². The molecule has 1 aliphatic heterocycles. The Balaban J connectivity index is 1.30. The lowest BCUT2D eigenvalue weighted by molar-refractivity contribution is 0.221. The van der Waals surface area contributed by atoms with Gasteiger partial charge in [-0.15, -0.1) is 0 Å². The van der Waals surface area contributed by atoms with Gasteiger partial charge < -0.3 is 9.64 Å². The van der Waals surface area contributed by atoms with Crippen LogP contribution in [0.5, 0.6) is 5.75 Å². The summed E-state index contributed by atoms with van der Waals surface area (Å²) in [5.41, 5.74) is 4.65. The number of hydrogen-bond donors (Lipinski definition) is 1. The van der Waals surface area contributed by atoms with Crippen LogP contribution in [0.1, 0.15) is 45.1 Å². The van der Waals surface area contributed by atoms with Crippen LogP contribution in [0, 0.1) is 5.92 Å². The summed E-state index contributed by atoms with van der Waals surface area (Å²) in [4.78, 5) is 14.3. The van der Waals surface area contributed by atoms with Gasteiger partial charge in [0.1, 0.15) is 16.3 Å². The van der Waals surface area contributed by atoms with Gasteiger partial charge in [-0.3, -0.25) is 10.00 Å². The molecule has 9 nitrogen and oxygen atoms in total. The topological polar surface area (TPSA) is 87.5 Å². The number of hydrogen-bond acceptors (Lipinski definition) is 8. The van der Waals surface area contributed by atoms with Gasteiger partial charge in [0.2, 0.25) is 0 Å². The first-order valence-corrected chi connectivity index (χ1v) is 13.2. The van der Waals surface area contributed by atoms with Crippen LogP contribution in [-0.2, 0) is 0 Å². The Kier molecular flexibility index (Phi) is 5.72. The highest BCUT2D eigenvalue weighted by Gasteiger charge is 2.30. The molecule has 0 amide bonds. The fourth-order valence-corrected chi connectivity index (χ4v) is 6.23. The molecular formula is C25H32N8OS. The van der Waals surface area contributed by atoms with Crippen molar-refractivity contribution in [3.8, 4) is 27.7 Å². The van der Waals surface area contributed by atoms with Gasteiger partial charge in [-0.2, -0.15) is 10.2 Å². The van der Waals surface area contributed by atoms with Gasteiger partial charge in [0.05, 0.1) is 24.7 Å². The van der Waals surface area contributed by atoms with E-state index in [1.807, 2.05) is 18.5 Å². The molecule has 0 bridgehead atoms. The predicted molar refractivity (Wildman–Crippen MR) is 138 cm³/mol. The number of rotatable bonds is 7. The van der Waals surface area contributed by atoms with Crippen LogP contribution in [0.3, 0.4) is 0 Å². The number of nitrogens with one attached hydrogen (secondary N) is 1. The van der Waals surface area contributed by atoms with Crippen molar-refractivity contribution < 1.29 is 4.74 Å². The average molecular weight is 493 g/mol. The zero-order valence-corrected chi connectivity index (χ0v) is 21.5. The number of thiazole rings is 1. The van der Waals surface area contributed by atoms with E-state index in [-0.39, 0.29) is 5.92 Å². The Bertz CT molecular complexity index is 1340. The Morgan fingerprint density at radius 1 is 1.23 bits per heavy atom. The minimum Gasteiger partial charge on any atom is -0.493 e. The van der Waals surface area contributed by atoms with Crippen molar-refractivity contribution in [3.05, 3.63) is 30.4 Å². The fourth-order valence-electron chi connectivity index (χ4n) is 5.18. The molecule has 5 heterocycles. The molecule has 184 valence electrons. The van der Waals surface area contributed by atoms with Crippen LogP contribution >= 0.6 is 11.3 Å². The molecule has 10 heteroatoms. The van der Waals surface area contributed by atoms with E-state index < -0.39 is 0 Å². The fraction of sp³-hybridized carbons (Fsp3) is 0.520. The molecule has 4 aromatic rings. The maximum Gasteiger partial charge on any atom is 0.197 e. The summed E-state index contributed by atoms with van der Waals surface area (Å²) in [7, 11) is 1.65. The van der Waals surface area contributed by atoms with Crippen molar-refractivity contribution in [1.29, 1.82) is 0 Å². The number of fused-ring (bicyclic) bond motifs is 1. The first-order chi connectivity index (χ1) is 17.0. The van der Waals surface area contributed by atoms with Crippen molar-refractivity contribution in [3.63, 3.8) is 0 Å². The lowest BCUT2D eigenvalue weighted by Gasteiger charge is -2.40. The van der Waals surface area contributed by atoms with Crippen LogP contribution < -0.4 is 9.64 Å². The van der Waals surface area contributed by atoms with Crippen LogP contribution in [0.4, 0.5) is 5.00 Å². The SMILES string of the molecule is COc1cc(-c2n[nH]c(-c3ncc(N4CCN(CC5CC5)C[C@H]4C)s3)c2C(C)C)cn2ncnc12. The molecule has 1 saturated heterocycles. The standard InChI is InChI=1S/C25H32N8OS/c1-15(2)21-22(18-9-19(34-4)24-27-14-28-33(24)13-18)29-30-23(21)25-26-10-20(35-25)32-8-7-31(11-16(32)3)12-17-5-6-17/h9-10,13-17H,5-8,11-12H2,1-4H3,(H,29,30)/t16-/m1/s1. The van der Waals surface area contributed by atoms with E-state index in [1.54, 1.807) is 23.0 Å². The number of anilines is 1. The van der Waals surface area contributed by atoms with E-state index >= 15 is 0 Å². The third-order valence-electron chi connectivity index (χ3n) is 7.13. The van der Waals surface area contributed by atoms with E-state index in [0.29, 0.717) is 17.4 Å².